The van der Waals surface area contributed by atoms with Gasteiger partial charge in [-0.1, -0.05) is 48.5 Å². The van der Waals surface area contributed by atoms with Crippen LogP contribution >= 0.6 is 0 Å². The van der Waals surface area contributed by atoms with E-state index in [4.69, 9.17) is 0 Å². The van der Waals surface area contributed by atoms with Gasteiger partial charge in [0.1, 0.15) is 0 Å². The molecular weight excluding hydrogens is 412 g/mol. The lowest BCUT2D eigenvalue weighted by Gasteiger charge is -2.10. The maximum absolute atomic E-state index is 12.3. The van der Waals surface area contributed by atoms with Crippen LogP contribution < -0.4 is 16.0 Å². The van der Waals surface area contributed by atoms with E-state index in [2.05, 4.69) is 20.9 Å². The Hall–Kier alpha value is -4.45. The SMILES string of the molecule is Cc1cccc(NC(=O)Nc2cccc(CNC(=O)/C=C/c3cccc4cccnc34)c2)c1. The number of amides is 3. The molecule has 1 aromatic heterocycles. The summed E-state index contributed by atoms with van der Waals surface area (Å²) in [6.07, 6.45) is 5.00. The first-order chi connectivity index (χ1) is 16.1. The molecule has 0 unspecified atom stereocenters. The van der Waals surface area contributed by atoms with Gasteiger partial charge in [-0.3, -0.25) is 9.78 Å². The monoisotopic (exact) mass is 436 g/mol. The first kappa shape index (κ1) is 21.8. The fourth-order valence-corrected chi connectivity index (χ4v) is 3.45. The van der Waals surface area contributed by atoms with E-state index in [9.17, 15) is 9.59 Å². The average Bonchev–Trinajstić information content (AvgIpc) is 2.81. The van der Waals surface area contributed by atoms with Gasteiger partial charge < -0.3 is 16.0 Å². The van der Waals surface area contributed by atoms with Crippen molar-refractivity contribution in [3.8, 4) is 0 Å². The molecule has 0 aliphatic carbocycles. The van der Waals surface area contributed by atoms with Gasteiger partial charge >= 0.3 is 6.03 Å². The van der Waals surface area contributed by atoms with Crippen molar-refractivity contribution < 1.29 is 9.59 Å². The van der Waals surface area contributed by atoms with E-state index in [-0.39, 0.29) is 11.9 Å². The molecule has 0 saturated carbocycles. The first-order valence-electron chi connectivity index (χ1n) is 10.6. The van der Waals surface area contributed by atoms with Crippen molar-refractivity contribution in [2.45, 2.75) is 13.5 Å². The molecule has 3 amide bonds. The predicted octanol–water partition coefficient (Wildman–Crippen LogP) is 5.52. The molecule has 33 heavy (non-hydrogen) atoms. The zero-order valence-corrected chi connectivity index (χ0v) is 18.2. The van der Waals surface area contributed by atoms with Crippen molar-refractivity contribution in [3.05, 3.63) is 108 Å². The summed E-state index contributed by atoms with van der Waals surface area (Å²) in [5.41, 5.74) is 5.04. The number of benzene rings is 3. The molecule has 3 N–H and O–H groups in total. The molecule has 0 spiro atoms. The summed E-state index contributed by atoms with van der Waals surface area (Å²) in [7, 11) is 0. The smallest absolute Gasteiger partial charge is 0.323 e. The number of anilines is 2. The number of aromatic nitrogens is 1. The van der Waals surface area contributed by atoms with Gasteiger partial charge in [-0.15, -0.1) is 0 Å². The Morgan fingerprint density at radius 3 is 2.42 bits per heavy atom. The van der Waals surface area contributed by atoms with E-state index in [0.29, 0.717) is 12.2 Å². The van der Waals surface area contributed by atoms with Crippen LogP contribution in [0.25, 0.3) is 17.0 Å². The Labute approximate surface area is 192 Å². The lowest BCUT2D eigenvalue weighted by Crippen LogP contribution is -2.21. The maximum Gasteiger partial charge on any atom is 0.323 e. The second kappa shape index (κ2) is 10.2. The molecule has 6 heteroatoms. The summed E-state index contributed by atoms with van der Waals surface area (Å²) in [5, 5.41) is 9.52. The highest BCUT2D eigenvalue weighted by Crippen LogP contribution is 2.17. The Kier molecular flexibility index (Phi) is 6.75. The molecule has 3 aromatic carbocycles. The maximum atomic E-state index is 12.3. The molecule has 0 saturated heterocycles. The van der Waals surface area contributed by atoms with Gasteiger partial charge in [-0.25, -0.2) is 4.79 Å². The number of carbonyl (C=O) groups excluding carboxylic acids is 2. The number of carbonyl (C=O) groups is 2. The molecule has 1 heterocycles. The summed E-state index contributed by atoms with van der Waals surface area (Å²) < 4.78 is 0. The van der Waals surface area contributed by atoms with Gasteiger partial charge in [-0.2, -0.15) is 0 Å². The minimum Gasteiger partial charge on any atom is -0.348 e. The van der Waals surface area contributed by atoms with Crippen LogP contribution in [0.5, 0.6) is 0 Å². The minimum atomic E-state index is -0.326. The van der Waals surface area contributed by atoms with E-state index in [0.717, 1.165) is 33.3 Å². The number of para-hydroxylation sites is 1. The molecule has 6 nitrogen and oxygen atoms in total. The number of hydrogen-bond acceptors (Lipinski definition) is 3. The average molecular weight is 437 g/mol. The van der Waals surface area contributed by atoms with Gasteiger partial charge in [0, 0.05) is 41.1 Å². The first-order valence-corrected chi connectivity index (χ1v) is 10.6. The van der Waals surface area contributed by atoms with Crippen molar-refractivity contribution in [3.63, 3.8) is 0 Å². The fourth-order valence-electron chi connectivity index (χ4n) is 3.45. The molecule has 164 valence electrons. The molecule has 0 aliphatic heterocycles. The van der Waals surface area contributed by atoms with Crippen LogP contribution in [-0.2, 0) is 11.3 Å². The zero-order valence-electron chi connectivity index (χ0n) is 18.2. The van der Waals surface area contributed by atoms with Crippen LogP contribution in [0, 0.1) is 6.92 Å². The predicted molar refractivity (Wildman–Crippen MR) is 133 cm³/mol. The third-order valence-electron chi connectivity index (χ3n) is 5.01. The van der Waals surface area contributed by atoms with Crippen LogP contribution in [0.4, 0.5) is 16.2 Å². The van der Waals surface area contributed by atoms with Gasteiger partial charge in [0.05, 0.1) is 5.52 Å². The highest BCUT2D eigenvalue weighted by molar-refractivity contribution is 6.00. The number of nitrogens with one attached hydrogen (secondary N) is 3. The summed E-state index contributed by atoms with van der Waals surface area (Å²) >= 11 is 0. The fraction of sp³-hybridized carbons (Fsp3) is 0.0741. The van der Waals surface area contributed by atoms with Gasteiger partial charge in [-0.05, 0) is 54.5 Å². The number of nitrogens with zero attached hydrogens (tertiary/aromatic N) is 1. The van der Waals surface area contributed by atoms with Gasteiger partial charge in [0.15, 0.2) is 0 Å². The van der Waals surface area contributed by atoms with Crippen molar-refractivity contribution in [1.82, 2.24) is 10.3 Å². The number of urea groups is 1. The molecule has 0 radical (unpaired) electrons. The number of pyridine rings is 1. The Balaban J connectivity index is 1.33. The molecule has 4 rings (SSSR count). The second-order valence-electron chi connectivity index (χ2n) is 7.62. The summed E-state index contributed by atoms with van der Waals surface area (Å²) in [6, 6.07) is 24.3. The summed E-state index contributed by atoms with van der Waals surface area (Å²) in [6.45, 7) is 2.31. The van der Waals surface area contributed by atoms with Crippen molar-refractivity contribution in [2.24, 2.45) is 0 Å². The van der Waals surface area contributed by atoms with E-state index in [1.54, 1.807) is 18.3 Å². The lowest BCUT2D eigenvalue weighted by atomic mass is 10.1. The molecule has 0 aliphatic rings. The number of fused-ring (bicyclic) bond motifs is 1. The zero-order chi connectivity index (χ0) is 23.0. The van der Waals surface area contributed by atoms with Crippen LogP contribution in [0.3, 0.4) is 0 Å². The van der Waals surface area contributed by atoms with Gasteiger partial charge in [0.25, 0.3) is 0 Å². The Bertz CT molecular complexity index is 1330. The van der Waals surface area contributed by atoms with E-state index in [1.807, 2.05) is 79.7 Å². The Morgan fingerprint density at radius 2 is 1.61 bits per heavy atom. The van der Waals surface area contributed by atoms with Crippen LogP contribution in [-0.4, -0.2) is 16.9 Å². The van der Waals surface area contributed by atoms with E-state index >= 15 is 0 Å². The molecule has 0 bridgehead atoms. The molecule has 4 aromatic rings. The quantitative estimate of drug-likeness (QED) is 0.348. The standard InChI is InChI=1S/C27H24N4O2/c1-19-6-2-11-23(16-19)30-27(33)31-24-12-3-7-20(17-24)18-29-25(32)14-13-22-9-4-8-21-10-5-15-28-26(21)22/h2-17H,18H2,1H3,(H,29,32)(H2,30,31,33)/b14-13+. The van der Waals surface area contributed by atoms with E-state index < -0.39 is 0 Å². The minimum absolute atomic E-state index is 0.210. The summed E-state index contributed by atoms with van der Waals surface area (Å²) in [4.78, 5) is 29.0. The molecule has 0 fully saturated rings. The van der Waals surface area contributed by atoms with Gasteiger partial charge in [0.2, 0.25) is 5.91 Å². The second-order valence-corrected chi connectivity index (χ2v) is 7.62. The van der Waals surface area contributed by atoms with Crippen molar-refractivity contribution >= 4 is 40.3 Å². The van der Waals surface area contributed by atoms with Crippen LogP contribution in [0.1, 0.15) is 16.7 Å². The third-order valence-corrected chi connectivity index (χ3v) is 5.01. The topological polar surface area (TPSA) is 83.1 Å². The normalized spacial score (nSPS) is 10.8. The van der Waals surface area contributed by atoms with E-state index in [1.165, 1.54) is 6.08 Å². The number of aryl methyl sites for hydroxylation is 1. The number of rotatable bonds is 6. The Morgan fingerprint density at radius 1 is 0.879 bits per heavy atom. The third kappa shape index (κ3) is 6.04. The molecule has 0 atom stereocenters. The van der Waals surface area contributed by atoms with Crippen LogP contribution in [0.15, 0.2) is 91.1 Å². The molecular formula is C27H24N4O2. The number of hydrogen-bond donors (Lipinski definition) is 3. The largest absolute Gasteiger partial charge is 0.348 e. The lowest BCUT2D eigenvalue weighted by molar-refractivity contribution is -0.116. The van der Waals surface area contributed by atoms with Crippen molar-refractivity contribution in [1.29, 1.82) is 0 Å². The van der Waals surface area contributed by atoms with Crippen molar-refractivity contribution in [2.75, 3.05) is 10.6 Å². The highest BCUT2D eigenvalue weighted by atomic mass is 16.2. The highest BCUT2D eigenvalue weighted by Gasteiger charge is 2.05. The van der Waals surface area contributed by atoms with Crippen LogP contribution in [0.2, 0.25) is 0 Å². The summed E-state index contributed by atoms with van der Waals surface area (Å²) in [5.74, 6) is -0.210.